The van der Waals surface area contributed by atoms with E-state index in [1.807, 2.05) is 0 Å². The lowest BCUT2D eigenvalue weighted by molar-refractivity contribution is -0.139. The summed E-state index contributed by atoms with van der Waals surface area (Å²) < 4.78 is 5.04. The van der Waals surface area contributed by atoms with Crippen molar-refractivity contribution >= 4 is 52.3 Å². The lowest BCUT2D eigenvalue weighted by atomic mass is 10.1. The van der Waals surface area contributed by atoms with E-state index < -0.39 is 23.7 Å². The molecular weight excluding hydrogens is 418 g/mol. The molecule has 9 heteroatoms. The maximum atomic E-state index is 12.5. The molecule has 2 aromatic carbocycles. The summed E-state index contributed by atoms with van der Waals surface area (Å²) in [6.07, 6.45) is 1.53. The highest BCUT2D eigenvalue weighted by Gasteiger charge is 2.36. The van der Waals surface area contributed by atoms with Crippen molar-refractivity contribution in [2.75, 3.05) is 13.2 Å². The number of carbonyl (C=O) groups excluding carboxylic acids is 3. The molecule has 148 valence electrons. The Kier molecular flexibility index (Phi) is 6.36. The average molecular weight is 432 g/mol. The molecule has 0 radical (unpaired) electrons. The molecule has 1 aliphatic rings. The van der Waals surface area contributed by atoms with Gasteiger partial charge < -0.3 is 9.84 Å². The van der Waals surface area contributed by atoms with Gasteiger partial charge in [0, 0.05) is 10.6 Å². The van der Waals surface area contributed by atoms with Crippen molar-refractivity contribution in [3.05, 3.63) is 69.6 Å². The van der Waals surface area contributed by atoms with E-state index in [0.29, 0.717) is 21.9 Å². The van der Waals surface area contributed by atoms with Gasteiger partial charge >= 0.3 is 5.97 Å². The third-order valence-corrected chi connectivity index (χ3v) is 5.04. The number of benzene rings is 2. The van der Waals surface area contributed by atoms with Crippen molar-refractivity contribution in [3.8, 4) is 5.75 Å². The number of thioether (sulfide) groups is 1. The largest absolute Gasteiger partial charge is 0.482 e. The van der Waals surface area contributed by atoms with Gasteiger partial charge in [0.1, 0.15) is 5.75 Å². The molecule has 0 aliphatic carbocycles. The van der Waals surface area contributed by atoms with Crippen LogP contribution in [0.25, 0.3) is 6.08 Å². The molecule has 1 fully saturated rings. The molecule has 0 atom stereocenters. The fourth-order valence-electron chi connectivity index (χ4n) is 2.46. The van der Waals surface area contributed by atoms with Gasteiger partial charge in [-0.15, -0.1) is 0 Å². The van der Waals surface area contributed by atoms with Crippen LogP contribution in [0.3, 0.4) is 0 Å². The lowest BCUT2D eigenvalue weighted by Crippen LogP contribution is -2.33. The predicted molar refractivity (Wildman–Crippen MR) is 108 cm³/mol. The summed E-state index contributed by atoms with van der Waals surface area (Å²) in [5.74, 6) is -1.64. The van der Waals surface area contributed by atoms with Crippen LogP contribution >= 0.6 is 23.4 Å². The monoisotopic (exact) mass is 431 g/mol. The molecule has 0 spiro atoms. The number of ketones is 1. The van der Waals surface area contributed by atoms with E-state index >= 15 is 0 Å². The Morgan fingerprint density at radius 1 is 1.07 bits per heavy atom. The van der Waals surface area contributed by atoms with Gasteiger partial charge in [-0.1, -0.05) is 23.7 Å². The summed E-state index contributed by atoms with van der Waals surface area (Å²) in [5.41, 5.74) is 0.983. The maximum absolute atomic E-state index is 12.5. The number of amides is 2. The van der Waals surface area contributed by atoms with Crippen molar-refractivity contribution < 1.29 is 29.0 Å². The third kappa shape index (κ3) is 5.24. The Morgan fingerprint density at radius 3 is 2.34 bits per heavy atom. The highest BCUT2D eigenvalue weighted by molar-refractivity contribution is 8.18. The molecule has 1 saturated heterocycles. The van der Waals surface area contributed by atoms with Crippen molar-refractivity contribution in [2.45, 2.75) is 0 Å². The summed E-state index contributed by atoms with van der Waals surface area (Å²) in [6.45, 7) is -0.814. The van der Waals surface area contributed by atoms with Crippen LogP contribution in [0.4, 0.5) is 4.79 Å². The van der Waals surface area contributed by atoms with Crippen LogP contribution in [0, 0.1) is 0 Å². The minimum Gasteiger partial charge on any atom is -0.482 e. The predicted octanol–water partition coefficient (Wildman–Crippen LogP) is 3.72. The number of carbonyl (C=O) groups is 4. The number of hydrogen-bond acceptors (Lipinski definition) is 6. The highest BCUT2D eigenvalue weighted by Crippen LogP contribution is 2.32. The van der Waals surface area contributed by atoms with Crippen molar-refractivity contribution in [2.24, 2.45) is 0 Å². The van der Waals surface area contributed by atoms with Gasteiger partial charge in [-0.25, -0.2) is 4.79 Å². The summed E-state index contributed by atoms with van der Waals surface area (Å²) in [5, 5.41) is 8.56. The zero-order valence-electron chi connectivity index (χ0n) is 14.8. The second kappa shape index (κ2) is 8.93. The average Bonchev–Trinajstić information content (AvgIpc) is 2.95. The van der Waals surface area contributed by atoms with Crippen molar-refractivity contribution in [3.63, 3.8) is 0 Å². The molecule has 7 nitrogen and oxygen atoms in total. The van der Waals surface area contributed by atoms with Gasteiger partial charge in [0.15, 0.2) is 12.4 Å². The Hall–Kier alpha value is -3.10. The number of imide groups is 1. The Morgan fingerprint density at radius 2 is 1.72 bits per heavy atom. The van der Waals surface area contributed by atoms with E-state index in [1.165, 1.54) is 18.2 Å². The molecule has 1 N–H and O–H groups in total. The van der Waals surface area contributed by atoms with Gasteiger partial charge in [-0.2, -0.15) is 0 Å². The molecule has 3 rings (SSSR count). The zero-order valence-corrected chi connectivity index (χ0v) is 16.4. The van der Waals surface area contributed by atoms with Crippen LogP contribution in [0.5, 0.6) is 5.75 Å². The summed E-state index contributed by atoms with van der Waals surface area (Å²) in [7, 11) is 0. The second-order valence-corrected chi connectivity index (χ2v) is 7.38. The Bertz CT molecular complexity index is 1000. The molecule has 0 aromatic heterocycles. The topological polar surface area (TPSA) is 101 Å². The number of Topliss-reactive ketones (excluding diaryl/α,β-unsaturated/α-hetero) is 1. The van der Waals surface area contributed by atoms with Gasteiger partial charge in [0.05, 0.1) is 11.4 Å². The minimum absolute atomic E-state index is 0.193. The van der Waals surface area contributed by atoms with E-state index in [9.17, 15) is 19.2 Å². The van der Waals surface area contributed by atoms with E-state index in [-0.39, 0.29) is 17.2 Å². The van der Waals surface area contributed by atoms with Crippen LogP contribution in [-0.4, -0.2) is 46.1 Å². The molecule has 2 amide bonds. The van der Waals surface area contributed by atoms with Crippen molar-refractivity contribution in [1.29, 1.82) is 0 Å². The molecule has 1 heterocycles. The molecule has 0 bridgehead atoms. The third-order valence-electron chi connectivity index (χ3n) is 3.88. The highest BCUT2D eigenvalue weighted by atomic mass is 35.5. The van der Waals surface area contributed by atoms with E-state index in [1.54, 1.807) is 36.4 Å². The maximum Gasteiger partial charge on any atom is 0.341 e. The van der Waals surface area contributed by atoms with Crippen LogP contribution in [-0.2, 0) is 9.59 Å². The number of nitrogens with zero attached hydrogens (tertiary/aromatic N) is 1. The van der Waals surface area contributed by atoms with Gasteiger partial charge in [-0.05, 0) is 59.8 Å². The first kappa shape index (κ1) is 20.6. The number of hydrogen-bond donors (Lipinski definition) is 1. The number of carboxylic acid groups (broad SMARTS) is 1. The quantitative estimate of drug-likeness (QED) is 0.526. The molecule has 29 heavy (non-hydrogen) atoms. The lowest BCUT2D eigenvalue weighted by Gasteiger charge is -2.11. The Balaban J connectivity index is 1.68. The van der Waals surface area contributed by atoms with Gasteiger partial charge in [-0.3, -0.25) is 19.3 Å². The normalized spacial score (nSPS) is 15.1. The first-order valence-corrected chi connectivity index (χ1v) is 9.52. The summed E-state index contributed by atoms with van der Waals surface area (Å²) in [6, 6.07) is 12.6. The number of rotatable bonds is 7. The number of aliphatic carboxylic acids is 1. The zero-order chi connectivity index (χ0) is 21.0. The Labute approximate surface area is 174 Å². The molecule has 0 saturated carbocycles. The van der Waals surface area contributed by atoms with E-state index in [4.69, 9.17) is 21.4 Å². The van der Waals surface area contributed by atoms with Gasteiger partial charge in [0.2, 0.25) is 0 Å². The number of ether oxygens (including phenoxy) is 1. The first-order valence-electron chi connectivity index (χ1n) is 8.32. The fourth-order valence-corrected chi connectivity index (χ4v) is 3.43. The number of halogens is 1. The molecule has 2 aromatic rings. The minimum atomic E-state index is -1.09. The fraction of sp³-hybridized carbons (Fsp3) is 0.100. The molecule has 1 aliphatic heterocycles. The van der Waals surface area contributed by atoms with Gasteiger partial charge in [0.25, 0.3) is 11.1 Å². The van der Waals surface area contributed by atoms with Crippen molar-refractivity contribution in [1.82, 2.24) is 4.90 Å². The van der Waals surface area contributed by atoms with Crippen LogP contribution in [0.1, 0.15) is 15.9 Å². The van der Waals surface area contributed by atoms with Crippen LogP contribution in [0.15, 0.2) is 53.4 Å². The second-order valence-electron chi connectivity index (χ2n) is 5.95. The number of carboxylic acids is 1. The molecular formula is C20H14ClNO6S. The smallest absolute Gasteiger partial charge is 0.341 e. The van der Waals surface area contributed by atoms with Crippen LogP contribution < -0.4 is 4.74 Å². The summed E-state index contributed by atoms with van der Waals surface area (Å²) >= 11 is 6.55. The van der Waals surface area contributed by atoms with Crippen LogP contribution in [0.2, 0.25) is 5.02 Å². The van der Waals surface area contributed by atoms with E-state index in [2.05, 4.69) is 0 Å². The summed E-state index contributed by atoms with van der Waals surface area (Å²) in [4.78, 5) is 48.7. The van der Waals surface area contributed by atoms with E-state index in [0.717, 1.165) is 16.7 Å². The SMILES string of the molecule is O=C(O)COc1ccc(C=C2SC(=O)N(CC(=O)c3ccc(Cl)cc3)C2=O)cc1. The molecule has 0 unspecified atom stereocenters. The standard InChI is InChI=1S/C20H14ClNO6S/c21-14-5-3-13(4-6-14)16(23)10-22-19(26)17(29-20(22)27)9-12-1-7-15(8-2-12)28-11-18(24)25/h1-9H,10-11H2,(H,24,25). The first-order chi connectivity index (χ1) is 13.8.